The predicted octanol–water partition coefficient (Wildman–Crippen LogP) is 3.68. The molecular formula is C15H25FN2O. The third-order valence-corrected chi connectivity index (χ3v) is 2.83. The zero-order valence-electron chi connectivity index (χ0n) is 12.2. The molecule has 4 heteroatoms. The molecule has 1 rings (SSSR count). The lowest BCUT2D eigenvalue weighted by atomic mass is 10.2. The van der Waals surface area contributed by atoms with E-state index in [2.05, 4.69) is 31.1 Å². The van der Waals surface area contributed by atoms with Gasteiger partial charge in [0.1, 0.15) is 5.82 Å². The highest BCUT2D eigenvalue weighted by Crippen LogP contribution is 2.17. The van der Waals surface area contributed by atoms with Crippen LogP contribution in [0, 0.1) is 5.82 Å². The number of aromatic nitrogens is 1. The van der Waals surface area contributed by atoms with E-state index in [9.17, 15) is 4.39 Å². The van der Waals surface area contributed by atoms with Gasteiger partial charge in [-0.25, -0.2) is 9.37 Å². The number of rotatable bonds is 9. The lowest BCUT2D eigenvalue weighted by Gasteiger charge is -2.12. The van der Waals surface area contributed by atoms with E-state index in [0.29, 0.717) is 25.1 Å². The monoisotopic (exact) mass is 268 g/mol. The van der Waals surface area contributed by atoms with E-state index in [1.165, 1.54) is 25.1 Å². The first kappa shape index (κ1) is 15.9. The largest absolute Gasteiger partial charge is 0.477 e. The Morgan fingerprint density at radius 2 is 2.11 bits per heavy atom. The number of hydrogen-bond acceptors (Lipinski definition) is 3. The van der Waals surface area contributed by atoms with Crippen molar-refractivity contribution in [1.29, 1.82) is 0 Å². The molecule has 0 radical (unpaired) electrons. The van der Waals surface area contributed by atoms with Crippen molar-refractivity contribution in [1.82, 2.24) is 10.3 Å². The van der Waals surface area contributed by atoms with Crippen LogP contribution in [0.4, 0.5) is 4.39 Å². The van der Waals surface area contributed by atoms with Gasteiger partial charge in [0, 0.05) is 18.2 Å². The molecule has 0 aliphatic rings. The molecule has 3 nitrogen and oxygen atoms in total. The van der Waals surface area contributed by atoms with Crippen LogP contribution in [-0.4, -0.2) is 17.6 Å². The molecule has 1 aromatic rings. The second kappa shape index (κ2) is 8.86. The molecule has 0 fully saturated rings. The van der Waals surface area contributed by atoms with Crippen molar-refractivity contribution in [3.63, 3.8) is 0 Å². The van der Waals surface area contributed by atoms with Gasteiger partial charge in [0.2, 0.25) is 5.88 Å². The number of nitrogens with zero attached hydrogens (tertiary/aromatic N) is 1. The zero-order valence-corrected chi connectivity index (χ0v) is 12.2. The molecule has 1 aromatic heterocycles. The van der Waals surface area contributed by atoms with Crippen molar-refractivity contribution in [2.45, 2.75) is 59.0 Å². The van der Waals surface area contributed by atoms with Crippen molar-refractivity contribution in [2.75, 3.05) is 6.61 Å². The van der Waals surface area contributed by atoms with Gasteiger partial charge in [-0.3, -0.25) is 0 Å². The summed E-state index contributed by atoms with van der Waals surface area (Å²) in [4.78, 5) is 4.04. The Balaban J connectivity index is 2.50. The molecular weight excluding hydrogens is 243 g/mol. The molecule has 0 unspecified atom stereocenters. The van der Waals surface area contributed by atoms with Crippen molar-refractivity contribution in [2.24, 2.45) is 0 Å². The zero-order chi connectivity index (χ0) is 14.1. The average molecular weight is 268 g/mol. The number of hydrogen-bond donors (Lipinski definition) is 1. The van der Waals surface area contributed by atoms with Gasteiger partial charge in [-0.2, -0.15) is 0 Å². The summed E-state index contributed by atoms with van der Waals surface area (Å²) in [6.07, 6.45) is 5.82. The van der Waals surface area contributed by atoms with Crippen LogP contribution in [0.3, 0.4) is 0 Å². The Labute approximate surface area is 115 Å². The fourth-order valence-electron chi connectivity index (χ4n) is 1.74. The maximum absolute atomic E-state index is 13.2. The fourth-order valence-corrected chi connectivity index (χ4v) is 1.74. The molecule has 0 aliphatic heterocycles. The van der Waals surface area contributed by atoms with Gasteiger partial charge in [0.25, 0.3) is 0 Å². The van der Waals surface area contributed by atoms with Crippen molar-refractivity contribution < 1.29 is 9.13 Å². The third kappa shape index (κ3) is 6.53. The molecule has 0 aliphatic carbocycles. The van der Waals surface area contributed by atoms with E-state index < -0.39 is 0 Å². The first-order valence-corrected chi connectivity index (χ1v) is 7.14. The van der Waals surface area contributed by atoms with Crippen LogP contribution in [0.1, 0.15) is 52.0 Å². The maximum Gasteiger partial charge on any atom is 0.218 e. The first-order chi connectivity index (χ1) is 9.13. The van der Waals surface area contributed by atoms with Gasteiger partial charge in [0.05, 0.1) is 12.8 Å². The Bertz CT molecular complexity index is 369. The predicted molar refractivity (Wildman–Crippen MR) is 75.8 cm³/mol. The Kier molecular flexibility index (Phi) is 7.41. The standard InChI is InChI=1S/C15H25FN2O/c1-4-5-6-7-8-19-15-13(10-17-12(2)3)9-14(16)11-18-15/h9,11-12,17H,4-8,10H2,1-3H3. The molecule has 0 amide bonds. The van der Waals surface area contributed by atoms with E-state index in [0.717, 1.165) is 18.4 Å². The number of ether oxygens (including phenoxy) is 1. The van der Waals surface area contributed by atoms with E-state index >= 15 is 0 Å². The van der Waals surface area contributed by atoms with Crippen molar-refractivity contribution >= 4 is 0 Å². The molecule has 0 spiro atoms. The molecule has 0 bridgehead atoms. The summed E-state index contributed by atoms with van der Waals surface area (Å²) in [6.45, 7) is 7.51. The molecule has 1 N–H and O–H groups in total. The first-order valence-electron chi connectivity index (χ1n) is 7.14. The minimum atomic E-state index is -0.320. The van der Waals surface area contributed by atoms with E-state index in [1.54, 1.807) is 0 Å². The normalized spacial score (nSPS) is 11.0. The number of pyridine rings is 1. The van der Waals surface area contributed by atoms with Crippen LogP contribution in [0.2, 0.25) is 0 Å². The smallest absolute Gasteiger partial charge is 0.218 e. The van der Waals surface area contributed by atoms with E-state index in [1.807, 2.05) is 0 Å². The minimum absolute atomic E-state index is 0.320. The molecule has 108 valence electrons. The summed E-state index contributed by atoms with van der Waals surface area (Å²) in [5.74, 6) is 0.227. The molecule has 0 aromatic carbocycles. The van der Waals surface area contributed by atoms with Crippen LogP contribution in [-0.2, 0) is 6.54 Å². The Hall–Kier alpha value is -1.16. The number of nitrogens with one attached hydrogen (secondary N) is 1. The van der Waals surface area contributed by atoms with Crippen molar-refractivity contribution in [3.8, 4) is 5.88 Å². The highest BCUT2D eigenvalue weighted by molar-refractivity contribution is 5.26. The third-order valence-electron chi connectivity index (χ3n) is 2.83. The van der Waals surface area contributed by atoms with Gasteiger partial charge in [0.15, 0.2) is 0 Å². The minimum Gasteiger partial charge on any atom is -0.477 e. The van der Waals surface area contributed by atoms with Gasteiger partial charge in [-0.05, 0) is 12.5 Å². The number of unbranched alkanes of at least 4 members (excludes halogenated alkanes) is 3. The van der Waals surface area contributed by atoms with Gasteiger partial charge in [-0.1, -0.05) is 40.0 Å². The second-order valence-electron chi connectivity index (χ2n) is 5.06. The SMILES string of the molecule is CCCCCCOc1ncc(F)cc1CNC(C)C. The second-order valence-corrected chi connectivity index (χ2v) is 5.06. The van der Waals surface area contributed by atoms with Crippen LogP contribution >= 0.6 is 0 Å². The summed E-state index contributed by atoms with van der Waals surface area (Å²) >= 11 is 0. The highest BCUT2D eigenvalue weighted by Gasteiger charge is 2.07. The fraction of sp³-hybridized carbons (Fsp3) is 0.667. The lowest BCUT2D eigenvalue weighted by Crippen LogP contribution is -2.22. The number of halogens is 1. The molecule has 19 heavy (non-hydrogen) atoms. The molecule has 0 saturated carbocycles. The van der Waals surface area contributed by atoms with Gasteiger partial charge >= 0.3 is 0 Å². The highest BCUT2D eigenvalue weighted by atomic mass is 19.1. The molecule has 0 saturated heterocycles. The molecule has 0 atom stereocenters. The average Bonchev–Trinajstić information content (AvgIpc) is 2.38. The van der Waals surface area contributed by atoms with Crippen LogP contribution in [0.25, 0.3) is 0 Å². The summed E-state index contributed by atoms with van der Waals surface area (Å²) < 4.78 is 18.9. The maximum atomic E-state index is 13.2. The Morgan fingerprint density at radius 3 is 2.79 bits per heavy atom. The quantitative estimate of drug-likeness (QED) is 0.694. The molecule has 1 heterocycles. The lowest BCUT2D eigenvalue weighted by molar-refractivity contribution is 0.288. The van der Waals surface area contributed by atoms with Gasteiger partial charge < -0.3 is 10.1 Å². The van der Waals surface area contributed by atoms with E-state index in [-0.39, 0.29) is 5.82 Å². The summed E-state index contributed by atoms with van der Waals surface area (Å²) in [5.41, 5.74) is 0.782. The van der Waals surface area contributed by atoms with Crippen molar-refractivity contribution in [3.05, 3.63) is 23.6 Å². The summed E-state index contributed by atoms with van der Waals surface area (Å²) in [5, 5.41) is 3.25. The topological polar surface area (TPSA) is 34.1 Å². The van der Waals surface area contributed by atoms with Crippen LogP contribution in [0.5, 0.6) is 5.88 Å². The summed E-state index contributed by atoms with van der Waals surface area (Å²) in [7, 11) is 0. The summed E-state index contributed by atoms with van der Waals surface area (Å²) in [6, 6.07) is 1.84. The van der Waals surface area contributed by atoms with Gasteiger partial charge in [-0.15, -0.1) is 0 Å². The van der Waals surface area contributed by atoms with E-state index in [4.69, 9.17) is 4.74 Å². The van der Waals surface area contributed by atoms with Crippen LogP contribution in [0.15, 0.2) is 12.3 Å². The van der Waals surface area contributed by atoms with Crippen LogP contribution < -0.4 is 10.1 Å². The Morgan fingerprint density at radius 1 is 1.32 bits per heavy atom.